The van der Waals surface area contributed by atoms with Crippen molar-refractivity contribution in [3.8, 4) is 0 Å². The van der Waals surface area contributed by atoms with Crippen molar-refractivity contribution >= 4 is 11.9 Å². The van der Waals surface area contributed by atoms with Crippen molar-refractivity contribution in [1.29, 1.82) is 0 Å². The highest BCUT2D eigenvalue weighted by Gasteiger charge is 2.29. The average Bonchev–Trinajstić information content (AvgIpc) is 2.25. The van der Waals surface area contributed by atoms with E-state index in [4.69, 9.17) is 9.47 Å². The van der Waals surface area contributed by atoms with Crippen LogP contribution in [0.15, 0.2) is 12.2 Å². The molecule has 1 rings (SSSR count). The van der Waals surface area contributed by atoms with E-state index in [9.17, 15) is 9.59 Å². The molecule has 4 heteroatoms. The molecule has 4 nitrogen and oxygen atoms in total. The minimum absolute atomic E-state index is 0.107. The van der Waals surface area contributed by atoms with Crippen molar-refractivity contribution in [2.75, 3.05) is 6.61 Å². The fraction of sp³-hybridized carbons (Fsp3) is 0.692. The van der Waals surface area contributed by atoms with Gasteiger partial charge in [-0.25, -0.2) is 0 Å². The molecule has 17 heavy (non-hydrogen) atoms. The minimum atomic E-state index is -0.314. The van der Waals surface area contributed by atoms with Gasteiger partial charge in [0.15, 0.2) is 0 Å². The highest BCUT2D eigenvalue weighted by Crippen LogP contribution is 2.31. The van der Waals surface area contributed by atoms with Crippen LogP contribution in [0.4, 0.5) is 0 Å². The van der Waals surface area contributed by atoms with Gasteiger partial charge in [0, 0.05) is 19.8 Å². The van der Waals surface area contributed by atoms with E-state index in [1.54, 1.807) is 0 Å². The molecule has 96 valence electrons. The third-order valence-electron chi connectivity index (χ3n) is 3.01. The molecule has 1 aliphatic rings. The van der Waals surface area contributed by atoms with Gasteiger partial charge in [-0.3, -0.25) is 9.59 Å². The van der Waals surface area contributed by atoms with Crippen molar-refractivity contribution in [2.45, 2.75) is 45.6 Å². The van der Waals surface area contributed by atoms with Crippen LogP contribution < -0.4 is 0 Å². The Balaban J connectivity index is 2.54. The summed E-state index contributed by atoms with van der Waals surface area (Å²) >= 11 is 0. The zero-order valence-corrected chi connectivity index (χ0v) is 10.5. The average molecular weight is 240 g/mol. The molecule has 0 radical (unpaired) electrons. The number of carbonyl (C=O) groups excluding carboxylic acids is 2. The SMILES string of the molecule is C=C(COC(C)=O)[C@H]1CCCC[C@H]1OC(C)=O. The minimum Gasteiger partial charge on any atom is -0.462 e. The first-order chi connectivity index (χ1) is 8.00. The summed E-state index contributed by atoms with van der Waals surface area (Å²) in [4.78, 5) is 21.8. The fourth-order valence-corrected chi connectivity index (χ4v) is 2.22. The Morgan fingerprint density at radius 2 is 1.82 bits per heavy atom. The van der Waals surface area contributed by atoms with Gasteiger partial charge < -0.3 is 9.47 Å². The van der Waals surface area contributed by atoms with Crippen LogP contribution in [0, 0.1) is 5.92 Å². The molecule has 0 bridgehead atoms. The first-order valence-corrected chi connectivity index (χ1v) is 5.99. The van der Waals surface area contributed by atoms with E-state index in [1.165, 1.54) is 13.8 Å². The van der Waals surface area contributed by atoms with Crippen molar-refractivity contribution in [3.63, 3.8) is 0 Å². The second-order valence-electron chi connectivity index (χ2n) is 4.48. The highest BCUT2D eigenvalue weighted by atomic mass is 16.5. The molecule has 0 saturated heterocycles. The van der Waals surface area contributed by atoms with Gasteiger partial charge in [0.25, 0.3) is 0 Å². The van der Waals surface area contributed by atoms with E-state index in [1.807, 2.05) is 0 Å². The molecule has 0 heterocycles. The van der Waals surface area contributed by atoms with E-state index in [2.05, 4.69) is 6.58 Å². The standard InChI is InChI=1S/C13H20O4/c1-9(8-16-10(2)14)12-6-4-5-7-13(12)17-11(3)15/h12-13H,1,4-8H2,2-3H3/t12-,13-/m1/s1. The molecular formula is C13H20O4. The van der Waals surface area contributed by atoms with Gasteiger partial charge >= 0.3 is 11.9 Å². The Bertz CT molecular complexity index is 309. The van der Waals surface area contributed by atoms with Gasteiger partial charge in [0.1, 0.15) is 12.7 Å². The maximum atomic E-state index is 11.0. The molecule has 0 aliphatic heterocycles. The lowest BCUT2D eigenvalue weighted by Crippen LogP contribution is -2.31. The molecule has 0 spiro atoms. The highest BCUT2D eigenvalue weighted by molar-refractivity contribution is 5.66. The third kappa shape index (κ3) is 4.59. The largest absolute Gasteiger partial charge is 0.462 e. The molecule has 0 aromatic carbocycles. The Morgan fingerprint density at radius 1 is 1.18 bits per heavy atom. The van der Waals surface area contributed by atoms with Crippen LogP contribution in [-0.4, -0.2) is 24.6 Å². The van der Waals surface area contributed by atoms with Crippen molar-refractivity contribution < 1.29 is 19.1 Å². The van der Waals surface area contributed by atoms with Gasteiger partial charge in [-0.1, -0.05) is 13.0 Å². The van der Waals surface area contributed by atoms with Crippen LogP contribution in [0.3, 0.4) is 0 Å². The van der Waals surface area contributed by atoms with Gasteiger partial charge in [0.2, 0.25) is 0 Å². The zero-order chi connectivity index (χ0) is 12.8. The molecule has 0 aromatic heterocycles. The van der Waals surface area contributed by atoms with Crippen molar-refractivity contribution in [3.05, 3.63) is 12.2 Å². The molecule has 0 aromatic rings. The first kappa shape index (κ1) is 13.7. The summed E-state index contributed by atoms with van der Waals surface area (Å²) in [5.41, 5.74) is 0.839. The van der Waals surface area contributed by atoms with Gasteiger partial charge in [-0.05, 0) is 24.8 Å². The molecule has 0 amide bonds. The second-order valence-corrected chi connectivity index (χ2v) is 4.48. The lowest BCUT2D eigenvalue weighted by atomic mass is 9.82. The van der Waals surface area contributed by atoms with Crippen molar-refractivity contribution in [2.24, 2.45) is 5.92 Å². The molecule has 2 atom stereocenters. The van der Waals surface area contributed by atoms with E-state index >= 15 is 0 Å². The van der Waals surface area contributed by atoms with E-state index in [0.29, 0.717) is 0 Å². The number of hydrogen-bond acceptors (Lipinski definition) is 4. The number of ether oxygens (including phenoxy) is 2. The first-order valence-electron chi connectivity index (χ1n) is 5.99. The van der Waals surface area contributed by atoms with E-state index in [0.717, 1.165) is 31.3 Å². The summed E-state index contributed by atoms with van der Waals surface area (Å²) in [6.45, 7) is 6.95. The summed E-state index contributed by atoms with van der Waals surface area (Å²) in [5, 5.41) is 0. The Morgan fingerprint density at radius 3 is 2.41 bits per heavy atom. The zero-order valence-electron chi connectivity index (χ0n) is 10.5. The van der Waals surface area contributed by atoms with Gasteiger partial charge in [-0.2, -0.15) is 0 Å². The van der Waals surface area contributed by atoms with E-state index < -0.39 is 0 Å². The van der Waals surface area contributed by atoms with Crippen LogP contribution in [0.5, 0.6) is 0 Å². The molecule has 1 saturated carbocycles. The number of hydrogen-bond donors (Lipinski definition) is 0. The third-order valence-corrected chi connectivity index (χ3v) is 3.01. The monoisotopic (exact) mass is 240 g/mol. The van der Waals surface area contributed by atoms with Crippen LogP contribution in [0.25, 0.3) is 0 Å². The summed E-state index contributed by atoms with van der Waals surface area (Å²) in [5.74, 6) is -0.458. The van der Waals surface area contributed by atoms with Crippen LogP contribution >= 0.6 is 0 Å². The predicted molar refractivity (Wildman–Crippen MR) is 63.3 cm³/mol. The molecule has 0 N–H and O–H groups in total. The topological polar surface area (TPSA) is 52.6 Å². The quantitative estimate of drug-likeness (QED) is 0.558. The summed E-state index contributed by atoms with van der Waals surface area (Å²) < 4.78 is 10.2. The number of carbonyl (C=O) groups is 2. The van der Waals surface area contributed by atoms with Crippen molar-refractivity contribution in [1.82, 2.24) is 0 Å². The molecule has 1 fully saturated rings. The second kappa shape index (κ2) is 6.42. The maximum Gasteiger partial charge on any atom is 0.302 e. The lowest BCUT2D eigenvalue weighted by Gasteiger charge is -2.32. The van der Waals surface area contributed by atoms with Gasteiger partial charge in [0.05, 0.1) is 0 Å². The Hall–Kier alpha value is -1.32. The summed E-state index contributed by atoms with van der Waals surface area (Å²) in [7, 11) is 0. The van der Waals surface area contributed by atoms with Crippen LogP contribution in [0.1, 0.15) is 39.5 Å². The van der Waals surface area contributed by atoms with Crippen LogP contribution in [-0.2, 0) is 19.1 Å². The number of esters is 2. The predicted octanol–water partition coefficient (Wildman–Crippen LogP) is 2.23. The smallest absolute Gasteiger partial charge is 0.302 e. The molecule has 1 aliphatic carbocycles. The molecular weight excluding hydrogens is 220 g/mol. The molecule has 0 unspecified atom stereocenters. The van der Waals surface area contributed by atoms with E-state index in [-0.39, 0.29) is 30.6 Å². The van der Waals surface area contributed by atoms with Gasteiger partial charge in [-0.15, -0.1) is 0 Å². The van der Waals surface area contributed by atoms with Crippen LogP contribution in [0.2, 0.25) is 0 Å². The number of rotatable bonds is 4. The Labute approximate surface area is 102 Å². The fourth-order valence-electron chi connectivity index (χ4n) is 2.22. The summed E-state index contributed by atoms with van der Waals surface area (Å²) in [6, 6.07) is 0. The normalized spacial score (nSPS) is 23.9. The summed E-state index contributed by atoms with van der Waals surface area (Å²) in [6.07, 6.45) is 3.86. The Kier molecular flexibility index (Phi) is 5.19. The maximum absolute atomic E-state index is 11.0. The lowest BCUT2D eigenvalue weighted by molar-refractivity contribution is -0.150.